The number of hydrogen-bond donors (Lipinski definition) is 1. The molecule has 0 bridgehead atoms. The molecule has 218 valence electrons. The molecule has 1 aromatic heterocycles. The SMILES string of the molecule is NC(=O)C1c2ccc(CN3CCC(N4CCCC4=O)CC3)cc2CCC1OC(=O)c1ccc(-c2ccccc2F)cn1. The van der Waals surface area contributed by atoms with Gasteiger partial charge < -0.3 is 15.4 Å². The van der Waals surface area contributed by atoms with Gasteiger partial charge in [0.1, 0.15) is 17.6 Å². The average molecular weight is 571 g/mol. The molecule has 6 rings (SSSR count). The Morgan fingerprint density at radius 1 is 1.00 bits per heavy atom. The van der Waals surface area contributed by atoms with E-state index in [0.29, 0.717) is 42.3 Å². The van der Waals surface area contributed by atoms with Crippen LogP contribution in [0.25, 0.3) is 11.1 Å². The monoisotopic (exact) mass is 570 g/mol. The van der Waals surface area contributed by atoms with Crippen LogP contribution in [-0.4, -0.2) is 64.3 Å². The minimum absolute atomic E-state index is 0.0809. The van der Waals surface area contributed by atoms with Crippen molar-refractivity contribution in [3.8, 4) is 11.1 Å². The average Bonchev–Trinajstić information content (AvgIpc) is 3.43. The first-order chi connectivity index (χ1) is 20.4. The van der Waals surface area contributed by atoms with E-state index in [2.05, 4.69) is 20.9 Å². The number of nitrogens with two attached hydrogens (primary N) is 1. The third-order valence-electron chi connectivity index (χ3n) is 8.85. The smallest absolute Gasteiger partial charge is 0.357 e. The molecule has 1 aliphatic carbocycles. The van der Waals surface area contributed by atoms with Gasteiger partial charge in [-0.25, -0.2) is 14.2 Å². The Bertz CT molecular complexity index is 1490. The highest BCUT2D eigenvalue weighted by atomic mass is 19.1. The van der Waals surface area contributed by atoms with Crippen LogP contribution in [0.5, 0.6) is 0 Å². The zero-order valence-electron chi connectivity index (χ0n) is 23.5. The fourth-order valence-corrected chi connectivity index (χ4v) is 6.68. The zero-order valence-corrected chi connectivity index (χ0v) is 23.5. The van der Waals surface area contributed by atoms with Crippen molar-refractivity contribution in [1.29, 1.82) is 0 Å². The Morgan fingerprint density at radius 2 is 1.81 bits per heavy atom. The quantitative estimate of drug-likeness (QED) is 0.427. The van der Waals surface area contributed by atoms with Crippen molar-refractivity contribution >= 4 is 17.8 Å². The van der Waals surface area contributed by atoms with Crippen molar-refractivity contribution in [2.24, 2.45) is 5.73 Å². The molecule has 0 saturated carbocycles. The third-order valence-corrected chi connectivity index (χ3v) is 8.85. The topological polar surface area (TPSA) is 106 Å². The Kier molecular flexibility index (Phi) is 8.02. The number of aryl methyl sites for hydroxylation is 1. The fourth-order valence-electron chi connectivity index (χ4n) is 6.68. The van der Waals surface area contributed by atoms with E-state index in [-0.39, 0.29) is 11.5 Å². The van der Waals surface area contributed by atoms with Crippen molar-refractivity contribution < 1.29 is 23.5 Å². The Labute approximate surface area is 244 Å². The van der Waals surface area contributed by atoms with Gasteiger partial charge in [-0.1, -0.05) is 42.5 Å². The summed E-state index contributed by atoms with van der Waals surface area (Å²) in [6.45, 7) is 3.59. The van der Waals surface area contributed by atoms with Crippen molar-refractivity contribution in [2.45, 2.75) is 63.1 Å². The molecule has 3 aromatic rings. The molecule has 2 fully saturated rings. The number of primary amides is 1. The summed E-state index contributed by atoms with van der Waals surface area (Å²) in [5.41, 5.74) is 9.87. The van der Waals surface area contributed by atoms with Crippen LogP contribution >= 0.6 is 0 Å². The van der Waals surface area contributed by atoms with Gasteiger partial charge in [-0.05, 0) is 60.9 Å². The van der Waals surface area contributed by atoms with Crippen LogP contribution in [0.3, 0.4) is 0 Å². The normalized spacial score (nSPS) is 21.3. The number of halogens is 1. The molecule has 2 aliphatic heterocycles. The molecule has 2 aromatic carbocycles. The molecule has 0 spiro atoms. The molecule has 2 saturated heterocycles. The maximum Gasteiger partial charge on any atom is 0.357 e. The third kappa shape index (κ3) is 5.79. The molecule has 0 radical (unpaired) electrons. The molecule has 3 aliphatic rings. The number of nitrogens with zero attached hydrogens (tertiary/aromatic N) is 3. The van der Waals surface area contributed by atoms with E-state index in [1.807, 2.05) is 12.1 Å². The van der Waals surface area contributed by atoms with E-state index < -0.39 is 23.9 Å². The summed E-state index contributed by atoms with van der Waals surface area (Å²) in [5, 5.41) is 0. The summed E-state index contributed by atoms with van der Waals surface area (Å²) in [4.78, 5) is 46.4. The lowest BCUT2D eigenvalue weighted by molar-refractivity contribution is -0.130. The maximum absolute atomic E-state index is 14.1. The molecule has 2 atom stereocenters. The van der Waals surface area contributed by atoms with Gasteiger partial charge in [0, 0.05) is 56.0 Å². The first-order valence-corrected chi connectivity index (χ1v) is 14.7. The molecule has 2 N–H and O–H groups in total. The van der Waals surface area contributed by atoms with Crippen LogP contribution in [0.1, 0.15) is 65.2 Å². The fraction of sp³-hybridized carbons (Fsp3) is 0.394. The predicted octanol–water partition coefficient (Wildman–Crippen LogP) is 4.22. The van der Waals surface area contributed by atoms with Crippen LogP contribution in [0.2, 0.25) is 0 Å². The van der Waals surface area contributed by atoms with Crippen LogP contribution in [0.15, 0.2) is 60.8 Å². The number of amides is 2. The second kappa shape index (κ2) is 12.0. The molecule has 9 heteroatoms. The first kappa shape index (κ1) is 28.0. The number of aromatic nitrogens is 1. The highest BCUT2D eigenvalue weighted by molar-refractivity contribution is 5.89. The number of likely N-dealkylation sites (tertiary alicyclic amines) is 2. The van der Waals surface area contributed by atoms with Gasteiger partial charge in [0.05, 0.1) is 5.92 Å². The lowest BCUT2D eigenvalue weighted by Gasteiger charge is -2.37. The number of piperidine rings is 1. The van der Waals surface area contributed by atoms with Gasteiger partial charge in [-0.3, -0.25) is 14.5 Å². The maximum atomic E-state index is 14.1. The van der Waals surface area contributed by atoms with E-state index in [9.17, 15) is 18.8 Å². The second-order valence-electron chi connectivity index (χ2n) is 11.5. The Hall–Kier alpha value is -4.11. The van der Waals surface area contributed by atoms with E-state index in [1.54, 1.807) is 24.3 Å². The second-order valence-corrected chi connectivity index (χ2v) is 11.5. The Morgan fingerprint density at radius 3 is 2.50 bits per heavy atom. The zero-order chi connectivity index (χ0) is 29.2. The van der Waals surface area contributed by atoms with Crippen LogP contribution < -0.4 is 5.73 Å². The predicted molar refractivity (Wildman–Crippen MR) is 155 cm³/mol. The number of pyridine rings is 1. The minimum atomic E-state index is -0.752. The summed E-state index contributed by atoms with van der Waals surface area (Å²) in [6, 6.07) is 15.9. The lowest BCUT2D eigenvalue weighted by Crippen LogP contribution is -2.45. The number of ether oxygens (including phenoxy) is 1. The van der Waals surface area contributed by atoms with Crippen LogP contribution in [0.4, 0.5) is 4.39 Å². The van der Waals surface area contributed by atoms with Crippen molar-refractivity contribution in [3.63, 3.8) is 0 Å². The van der Waals surface area contributed by atoms with Gasteiger partial charge in [0.2, 0.25) is 11.8 Å². The number of carbonyl (C=O) groups excluding carboxylic acids is 3. The van der Waals surface area contributed by atoms with Crippen molar-refractivity contribution in [1.82, 2.24) is 14.8 Å². The molecular formula is C33H35FN4O4. The first-order valence-electron chi connectivity index (χ1n) is 14.7. The summed E-state index contributed by atoms with van der Waals surface area (Å²) in [5.74, 6) is -2.01. The highest BCUT2D eigenvalue weighted by Crippen LogP contribution is 2.35. The number of hydrogen-bond acceptors (Lipinski definition) is 6. The van der Waals surface area contributed by atoms with Gasteiger partial charge in [0.25, 0.3) is 0 Å². The summed E-state index contributed by atoms with van der Waals surface area (Å²) in [6.07, 6.45) is 5.51. The number of rotatable bonds is 7. The molecule has 8 nitrogen and oxygen atoms in total. The highest BCUT2D eigenvalue weighted by Gasteiger charge is 2.37. The minimum Gasteiger partial charge on any atom is -0.456 e. The summed E-state index contributed by atoms with van der Waals surface area (Å²) < 4.78 is 19.9. The van der Waals surface area contributed by atoms with Crippen molar-refractivity contribution in [2.75, 3.05) is 19.6 Å². The van der Waals surface area contributed by atoms with Gasteiger partial charge >= 0.3 is 5.97 Å². The van der Waals surface area contributed by atoms with E-state index in [1.165, 1.54) is 23.9 Å². The number of benzene rings is 2. The van der Waals surface area contributed by atoms with Crippen LogP contribution in [-0.2, 0) is 27.3 Å². The largest absolute Gasteiger partial charge is 0.456 e. The summed E-state index contributed by atoms with van der Waals surface area (Å²) >= 11 is 0. The standard InChI is InChI=1S/C33H35FN4O4/c34-27-5-2-1-4-25(27)23-8-11-28(36-19-23)33(41)42-29-12-9-22-18-21(7-10-26(22)31(29)32(35)40)20-37-16-13-24(14-17-37)38-15-3-6-30(38)39/h1-2,4-5,7-8,10-11,18-19,24,29,31H,3,6,9,12-17,20H2,(H2,35,40). The van der Waals surface area contributed by atoms with Gasteiger partial charge in [-0.2, -0.15) is 0 Å². The molecule has 3 heterocycles. The van der Waals surface area contributed by atoms with Crippen LogP contribution in [0, 0.1) is 5.82 Å². The number of fused-ring (bicyclic) bond motifs is 1. The van der Waals surface area contributed by atoms with Gasteiger partial charge in [-0.15, -0.1) is 0 Å². The van der Waals surface area contributed by atoms with E-state index in [4.69, 9.17) is 10.5 Å². The molecule has 42 heavy (non-hydrogen) atoms. The Balaban J connectivity index is 1.09. The van der Waals surface area contributed by atoms with E-state index >= 15 is 0 Å². The molecule has 2 unspecified atom stereocenters. The lowest BCUT2D eigenvalue weighted by atomic mass is 9.79. The summed E-state index contributed by atoms with van der Waals surface area (Å²) in [7, 11) is 0. The van der Waals surface area contributed by atoms with E-state index in [0.717, 1.165) is 56.6 Å². The van der Waals surface area contributed by atoms with Crippen molar-refractivity contribution in [3.05, 3.63) is 89.0 Å². The molecule has 2 amide bonds. The van der Waals surface area contributed by atoms with Gasteiger partial charge in [0.15, 0.2) is 0 Å². The number of esters is 1. The number of carbonyl (C=O) groups is 3. The molecular weight excluding hydrogens is 535 g/mol.